The predicted octanol–water partition coefficient (Wildman–Crippen LogP) is 2.39. The average molecular weight is 388 g/mol. The van der Waals surface area contributed by atoms with E-state index in [1.54, 1.807) is 6.08 Å². The standard InChI is InChI=1S/C19H25N5O2S/c1-16-4-6-17(7-5-16)8-13-27(25,26)23-10-9-20-18-14-19(22-15-21-18)24-11-2-3-12-24/h4-8,13-15,23H,2-3,9-12H2,1H3,(H,20,21,22)/b13-8+. The molecule has 0 amide bonds. The maximum atomic E-state index is 12.1. The van der Waals surface area contributed by atoms with Crippen molar-refractivity contribution in [1.29, 1.82) is 0 Å². The second-order valence-electron chi connectivity index (χ2n) is 6.54. The molecular formula is C19H25N5O2S. The molecule has 1 fully saturated rings. The molecule has 0 spiro atoms. The van der Waals surface area contributed by atoms with Gasteiger partial charge in [-0.1, -0.05) is 29.8 Å². The van der Waals surface area contributed by atoms with Crippen LogP contribution in [-0.4, -0.2) is 44.6 Å². The van der Waals surface area contributed by atoms with Crippen LogP contribution in [0.15, 0.2) is 42.1 Å². The normalized spacial score (nSPS) is 14.8. The third-order valence-corrected chi connectivity index (χ3v) is 5.43. The number of benzene rings is 1. The van der Waals surface area contributed by atoms with Gasteiger partial charge >= 0.3 is 0 Å². The molecule has 2 N–H and O–H groups in total. The fraction of sp³-hybridized carbons (Fsp3) is 0.368. The van der Waals surface area contributed by atoms with E-state index in [0.717, 1.165) is 30.0 Å². The molecule has 144 valence electrons. The summed E-state index contributed by atoms with van der Waals surface area (Å²) in [4.78, 5) is 10.7. The molecule has 0 bridgehead atoms. The molecule has 3 rings (SSSR count). The van der Waals surface area contributed by atoms with Gasteiger partial charge in [-0.15, -0.1) is 0 Å². The van der Waals surface area contributed by atoms with Crippen molar-refractivity contribution in [3.8, 4) is 0 Å². The monoisotopic (exact) mass is 387 g/mol. The Bertz CT molecular complexity index is 875. The number of sulfonamides is 1. The highest BCUT2D eigenvalue weighted by Gasteiger charge is 2.13. The van der Waals surface area contributed by atoms with Crippen molar-refractivity contribution in [2.24, 2.45) is 0 Å². The van der Waals surface area contributed by atoms with Crippen LogP contribution in [0.25, 0.3) is 6.08 Å². The second kappa shape index (κ2) is 8.96. The fourth-order valence-corrected chi connectivity index (χ4v) is 3.66. The lowest BCUT2D eigenvalue weighted by molar-refractivity contribution is 0.592. The first-order chi connectivity index (χ1) is 13.0. The van der Waals surface area contributed by atoms with E-state index in [1.807, 2.05) is 37.3 Å². The average Bonchev–Trinajstić information content (AvgIpc) is 3.20. The zero-order valence-electron chi connectivity index (χ0n) is 15.4. The minimum Gasteiger partial charge on any atom is -0.369 e. The van der Waals surface area contributed by atoms with Crippen molar-refractivity contribution in [2.45, 2.75) is 19.8 Å². The highest BCUT2D eigenvalue weighted by Crippen LogP contribution is 2.19. The Kier molecular flexibility index (Phi) is 6.41. The number of aryl methyl sites for hydroxylation is 1. The number of hydrogen-bond acceptors (Lipinski definition) is 6. The maximum Gasteiger partial charge on any atom is 0.233 e. The van der Waals surface area contributed by atoms with Crippen molar-refractivity contribution in [3.05, 3.63) is 53.2 Å². The quantitative estimate of drug-likeness (QED) is 0.677. The Hall–Kier alpha value is -2.45. The van der Waals surface area contributed by atoms with Crippen molar-refractivity contribution < 1.29 is 8.42 Å². The van der Waals surface area contributed by atoms with E-state index >= 15 is 0 Å². The molecule has 2 aromatic rings. The van der Waals surface area contributed by atoms with Gasteiger partial charge in [0, 0.05) is 37.7 Å². The van der Waals surface area contributed by atoms with Crippen molar-refractivity contribution >= 4 is 27.7 Å². The van der Waals surface area contributed by atoms with Gasteiger partial charge in [0.05, 0.1) is 0 Å². The summed E-state index contributed by atoms with van der Waals surface area (Å²) < 4.78 is 26.7. The molecular weight excluding hydrogens is 362 g/mol. The fourth-order valence-electron chi connectivity index (χ4n) is 2.84. The smallest absolute Gasteiger partial charge is 0.233 e. The number of anilines is 2. The van der Waals surface area contributed by atoms with E-state index in [2.05, 4.69) is 24.9 Å². The van der Waals surface area contributed by atoms with Gasteiger partial charge in [-0.05, 0) is 31.4 Å². The number of nitrogens with one attached hydrogen (secondary N) is 2. The summed E-state index contributed by atoms with van der Waals surface area (Å²) in [5.74, 6) is 1.60. The third-order valence-electron chi connectivity index (χ3n) is 4.33. The van der Waals surface area contributed by atoms with Gasteiger partial charge in [0.15, 0.2) is 0 Å². The van der Waals surface area contributed by atoms with E-state index in [0.29, 0.717) is 12.4 Å². The zero-order chi connectivity index (χ0) is 19.1. The molecule has 0 unspecified atom stereocenters. The summed E-state index contributed by atoms with van der Waals surface area (Å²) in [6.45, 7) is 4.73. The van der Waals surface area contributed by atoms with Gasteiger partial charge in [-0.3, -0.25) is 0 Å². The van der Waals surface area contributed by atoms with E-state index in [-0.39, 0.29) is 6.54 Å². The number of hydrogen-bond donors (Lipinski definition) is 2. The van der Waals surface area contributed by atoms with Crippen LogP contribution in [-0.2, 0) is 10.0 Å². The van der Waals surface area contributed by atoms with Gasteiger partial charge in [0.1, 0.15) is 18.0 Å². The topological polar surface area (TPSA) is 87.2 Å². The molecule has 1 aliphatic heterocycles. The van der Waals surface area contributed by atoms with Gasteiger partial charge in [0.2, 0.25) is 10.0 Å². The molecule has 1 aliphatic rings. The number of aromatic nitrogens is 2. The van der Waals surface area contributed by atoms with Crippen LogP contribution in [0.4, 0.5) is 11.6 Å². The Morgan fingerprint density at radius 3 is 2.59 bits per heavy atom. The Morgan fingerprint density at radius 2 is 1.85 bits per heavy atom. The third kappa shape index (κ3) is 6.04. The lowest BCUT2D eigenvalue weighted by atomic mass is 10.2. The van der Waals surface area contributed by atoms with Crippen LogP contribution in [0, 0.1) is 6.92 Å². The summed E-state index contributed by atoms with van der Waals surface area (Å²) in [6.07, 6.45) is 5.49. The maximum absolute atomic E-state index is 12.1. The first-order valence-electron chi connectivity index (χ1n) is 9.07. The van der Waals surface area contributed by atoms with Gasteiger partial charge in [-0.25, -0.2) is 23.1 Å². The summed E-state index contributed by atoms with van der Waals surface area (Å²) in [6, 6.07) is 9.56. The first kappa shape index (κ1) is 19.3. The van der Waals surface area contributed by atoms with Crippen LogP contribution < -0.4 is 14.9 Å². The lowest BCUT2D eigenvalue weighted by Gasteiger charge is -2.16. The SMILES string of the molecule is Cc1ccc(/C=C/S(=O)(=O)NCCNc2cc(N3CCCC3)ncn2)cc1. The number of nitrogens with zero attached hydrogens (tertiary/aromatic N) is 3. The molecule has 1 aromatic carbocycles. The largest absolute Gasteiger partial charge is 0.369 e. The molecule has 0 aliphatic carbocycles. The molecule has 0 saturated carbocycles. The van der Waals surface area contributed by atoms with Crippen LogP contribution in [0.2, 0.25) is 0 Å². The number of rotatable bonds is 8. The van der Waals surface area contributed by atoms with Crippen LogP contribution in [0.3, 0.4) is 0 Å². The summed E-state index contributed by atoms with van der Waals surface area (Å²) in [5.41, 5.74) is 1.98. The highest BCUT2D eigenvalue weighted by atomic mass is 32.2. The van der Waals surface area contributed by atoms with E-state index in [4.69, 9.17) is 0 Å². The van der Waals surface area contributed by atoms with E-state index in [1.165, 1.54) is 24.6 Å². The first-order valence-corrected chi connectivity index (χ1v) is 10.6. The molecule has 1 aromatic heterocycles. The van der Waals surface area contributed by atoms with Crippen molar-refractivity contribution in [3.63, 3.8) is 0 Å². The molecule has 1 saturated heterocycles. The van der Waals surface area contributed by atoms with Gasteiger partial charge < -0.3 is 10.2 Å². The minimum absolute atomic E-state index is 0.267. The molecule has 27 heavy (non-hydrogen) atoms. The van der Waals surface area contributed by atoms with Crippen molar-refractivity contribution in [1.82, 2.24) is 14.7 Å². The molecule has 0 radical (unpaired) electrons. The molecule has 0 atom stereocenters. The Labute approximate surface area is 160 Å². The van der Waals surface area contributed by atoms with Gasteiger partial charge in [0.25, 0.3) is 0 Å². The zero-order valence-corrected chi connectivity index (χ0v) is 16.2. The molecule has 7 nitrogen and oxygen atoms in total. The summed E-state index contributed by atoms with van der Waals surface area (Å²) in [7, 11) is -3.48. The summed E-state index contributed by atoms with van der Waals surface area (Å²) >= 11 is 0. The van der Waals surface area contributed by atoms with Crippen molar-refractivity contribution in [2.75, 3.05) is 36.4 Å². The van der Waals surface area contributed by atoms with Crippen LogP contribution in [0.5, 0.6) is 0 Å². The van der Waals surface area contributed by atoms with E-state index in [9.17, 15) is 8.42 Å². The summed E-state index contributed by atoms with van der Waals surface area (Å²) in [5, 5.41) is 4.32. The highest BCUT2D eigenvalue weighted by molar-refractivity contribution is 7.92. The molecule has 2 heterocycles. The Balaban J connectivity index is 1.46. The minimum atomic E-state index is -3.48. The molecule has 8 heteroatoms. The van der Waals surface area contributed by atoms with Gasteiger partial charge in [-0.2, -0.15) is 0 Å². The Morgan fingerprint density at radius 1 is 1.11 bits per heavy atom. The lowest BCUT2D eigenvalue weighted by Crippen LogP contribution is -2.27. The second-order valence-corrected chi connectivity index (χ2v) is 8.19. The van der Waals surface area contributed by atoms with E-state index < -0.39 is 10.0 Å². The van der Waals surface area contributed by atoms with Crippen LogP contribution >= 0.6 is 0 Å². The predicted molar refractivity (Wildman–Crippen MR) is 109 cm³/mol. The van der Waals surface area contributed by atoms with Crippen LogP contribution in [0.1, 0.15) is 24.0 Å².